The number of benzene rings is 2. The fourth-order valence-corrected chi connectivity index (χ4v) is 5.85. The van der Waals surface area contributed by atoms with Gasteiger partial charge in [-0.05, 0) is 43.0 Å². The molecule has 0 bridgehead atoms. The second-order valence-corrected chi connectivity index (χ2v) is 9.59. The standard InChI is InChI=1S/C19H20N2O2S2/c1-14-5-4-12-21(13-14)25(22,23)16-10-8-15(9-11-16)19-20-17-6-2-3-7-18(17)24-19/h2-3,6-11,14H,4-5,12-13H2,1H3. The summed E-state index contributed by atoms with van der Waals surface area (Å²) in [6.07, 6.45) is 2.03. The number of aromatic nitrogens is 1. The van der Waals surface area contributed by atoms with Crippen LogP contribution in [0.25, 0.3) is 20.8 Å². The molecule has 0 saturated carbocycles. The lowest BCUT2D eigenvalue weighted by Crippen LogP contribution is -2.39. The number of hydrogen-bond donors (Lipinski definition) is 0. The smallest absolute Gasteiger partial charge is 0.236 e. The highest BCUT2D eigenvalue weighted by Gasteiger charge is 2.28. The summed E-state index contributed by atoms with van der Waals surface area (Å²) in [5.74, 6) is 0.422. The van der Waals surface area contributed by atoms with Crippen LogP contribution in [0.2, 0.25) is 0 Å². The van der Waals surface area contributed by atoms with Gasteiger partial charge in [0.25, 0.3) is 0 Å². The van der Waals surface area contributed by atoms with E-state index in [2.05, 4.69) is 11.9 Å². The molecule has 0 radical (unpaired) electrons. The second-order valence-electron chi connectivity index (χ2n) is 6.62. The van der Waals surface area contributed by atoms with Gasteiger partial charge >= 0.3 is 0 Å². The van der Waals surface area contributed by atoms with Gasteiger partial charge in [-0.1, -0.05) is 31.2 Å². The molecule has 25 heavy (non-hydrogen) atoms. The molecule has 1 fully saturated rings. The summed E-state index contributed by atoms with van der Waals surface area (Å²) < 4.78 is 28.4. The van der Waals surface area contributed by atoms with E-state index >= 15 is 0 Å². The Labute approximate surface area is 152 Å². The normalized spacial score (nSPS) is 19.3. The minimum absolute atomic E-state index is 0.367. The van der Waals surface area contributed by atoms with Gasteiger partial charge in [0.2, 0.25) is 10.0 Å². The van der Waals surface area contributed by atoms with Gasteiger partial charge in [-0.2, -0.15) is 4.31 Å². The molecule has 1 saturated heterocycles. The minimum Gasteiger partial charge on any atom is -0.236 e. The van der Waals surface area contributed by atoms with Crippen molar-refractivity contribution in [3.63, 3.8) is 0 Å². The number of thiazole rings is 1. The summed E-state index contributed by atoms with van der Waals surface area (Å²) in [4.78, 5) is 5.00. The van der Waals surface area contributed by atoms with Gasteiger partial charge in [-0.3, -0.25) is 0 Å². The van der Waals surface area contributed by atoms with E-state index in [-0.39, 0.29) is 0 Å². The quantitative estimate of drug-likeness (QED) is 0.685. The van der Waals surface area contributed by atoms with Gasteiger partial charge in [-0.15, -0.1) is 11.3 Å². The maximum absolute atomic E-state index is 12.8. The molecule has 1 aliphatic rings. The first-order chi connectivity index (χ1) is 12.0. The van der Waals surface area contributed by atoms with E-state index in [0.717, 1.165) is 33.6 Å². The monoisotopic (exact) mass is 372 g/mol. The summed E-state index contributed by atoms with van der Waals surface area (Å²) in [6.45, 7) is 3.34. The average Bonchev–Trinajstić information content (AvgIpc) is 3.06. The Morgan fingerprint density at radius 3 is 2.60 bits per heavy atom. The van der Waals surface area contributed by atoms with E-state index in [4.69, 9.17) is 0 Å². The number of piperidine rings is 1. The van der Waals surface area contributed by atoms with E-state index in [1.807, 2.05) is 36.4 Å². The zero-order valence-electron chi connectivity index (χ0n) is 14.1. The number of sulfonamides is 1. The van der Waals surface area contributed by atoms with Crippen LogP contribution in [0, 0.1) is 5.92 Å². The van der Waals surface area contributed by atoms with Crippen LogP contribution in [0.4, 0.5) is 0 Å². The van der Waals surface area contributed by atoms with Crippen LogP contribution in [0.15, 0.2) is 53.4 Å². The van der Waals surface area contributed by atoms with Crippen molar-refractivity contribution in [2.24, 2.45) is 5.92 Å². The lowest BCUT2D eigenvalue weighted by Gasteiger charge is -2.30. The Kier molecular flexibility index (Phi) is 4.35. The third-order valence-electron chi connectivity index (χ3n) is 4.65. The Balaban J connectivity index is 1.63. The molecular formula is C19H20N2O2S2. The summed E-state index contributed by atoms with van der Waals surface area (Å²) in [5.41, 5.74) is 1.92. The third-order valence-corrected chi connectivity index (χ3v) is 7.62. The summed E-state index contributed by atoms with van der Waals surface area (Å²) in [7, 11) is -3.40. The van der Waals surface area contributed by atoms with Crippen molar-refractivity contribution in [3.8, 4) is 10.6 Å². The van der Waals surface area contributed by atoms with Crippen LogP contribution in [-0.4, -0.2) is 30.8 Å². The molecule has 0 aliphatic carbocycles. The van der Waals surface area contributed by atoms with E-state index in [9.17, 15) is 8.42 Å². The first kappa shape index (κ1) is 16.7. The number of rotatable bonds is 3. The van der Waals surface area contributed by atoms with Crippen molar-refractivity contribution in [2.45, 2.75) is 24.7 Å². The molecule has 130 valence electrons. The van der Waals surface area contributed by atoms with Crippen LogP contribution in [-0.2, 0) is 10.0 Å². The van der Waals surface area contributed by atoms with Crippen LogP contribution in [0.5, 0.6) is 0 Å². The Morgan fingerprint density at radius 1 is 1.12 bits per heavy atom. The third kappa shape index (κ3) is 3.21. The topological polar surface area (TPSA) is 50.3 Å². The first-order valence-electron chi connectivity index (χ1n) is 8.50. The summed E-state index contributed by atoms with van der Waals surface area (Å²) in [5, 5.41) is 0.914. The maximum Gasteiger partial charge on any atom is 0.243 e. The minimum atomic E-state index is -3.40. The molecule has 1 unspecified atom stereocenters. The van der Waals surface area contributed by atoms with Crippen molar-refractivity contribution in [2.75, 3.05) is 13.1 Å². The zero-order chi connectivity index (χ0) is 17.4. The van der Waals surface area contributed by atoms with Crippen molar-refractivity contribution >= 4 is 31.6 Å². The van der Waals surface area contributed by atoms with E-state index < -0.39 is 10.0 Å². The number of hydrogen-bond acceptors (Lipinski definition) is 4. The highest BCUT2D eigenvalue weighted by molar-refractivity contribution is 7.89. The van der Waals surface area contributed by atoms with E-state index in [1.54, 1.807) is 27.8 Å². The Bertz CT molecular complexity index is 961. The molecule has 4 rings (SSSR count). The zero-order valence-corrected chi connectivity index (χ0v) is 15.7. The predicted octanol–water partition coefficient (Wildman–Crippen LogP) is 4.38. The summed E-state index contributed by atoms with van der Waals surface area (Å²) in [6, 6.07) is 15.1. The lowest BCUT2D eigenvalue weighted by molar-refractivity contribution is 0.281. The second kappa shape index (κ2) is 6.52. The van der Waals surface area contributed by atoms with Crippen molar-refractivity contribution in [3.05, 3.63) is 48.5 Å². The molecule has 1 aromatic heterocycles. The van der Waals surface area contributed by atoms with Crippen LogP contribution < -0.4 is 0 Å². The molecule has 0 N–H and O–H groups in total. The molecule has 4 nitrogen and oxygen atoms in total. The van der Waals surface area contributed by atoms with Gasteiger partial charge < -0.3 is 0 Å². The molecule has 6 heteroatoms. The number of fused-ring (bicyclic) bond motifs is 1. The maximum atomic E-state index is 12.8. The first-order valence-corrected chi connectivity index (χ1v) is 10.8. The highest BCUT2D eigenvalue weighted by Crippen LogP contribution is 2.31. The fraction of sp³-hybridized carbons (Fsp3) is 0.316. The predicted molar refractivity (Wildman–Crippen MR) is 102 cm³/mol. The number of para-hydroxylation sites is 1. The van der Waals surface area contributed by atoms with Crippen LogP contribution in [0.1, 0.15) is 19.8 Å². The summed E-state index contributed by atoms with van der Waals surface area (Å²) >= 11 is 1.62. The Morgan fingerprint density at radius 2 is 1.88 bits per heavy atom. The molecule has 1 aliphatic heterocycles. The van der Waals surface area contributed by atoms with E-state index in [1.165, 1.54) is 0 Å². The highest BCUT2D eigenvalue weighted by atomic mass is 32.2. The van der Waals surface area contributed by atoms with Crippen molar-refractivity contribution in [1.29, 1.82) is 0 Å². The molecular weight excluding hydrogens is 352 g/mol. The largest absolute Gasteiger partial charge is 0.243 e. The average molecular weight is 373 g/mol. The van der Waals surface area contributed by atoms with Gasteiger partial charge in [0.1, 0.15) is 5.01 Å². The molecule has 1 atom stereocenters. The fourth-order valence-electron chi connectivity index (χ4n) is 3.28. The Hall–Kier alpha value is -1.76. The van der Waals surface area contributed by atoms with Gasteiger partial charge in [0.15, 0.2) is 0 Å². The molecule has 2 aromatic carbocycles. The lowest BCUT2D eigenvalue weighted by atomic mass is 10.0. The van der Waals surface area contributed by atoms with Gasteiger partial charge in [-0.25, -0.2) is 13.4 Å². The van der Waals surface area contributed by atoms with Crippen LogP contribution in [0.3, 0.4) is 0 Å². The van der Waals surface area contributed by atoms with E-state index in [0.29, 0.717) is 23.9 Å². The van der Waals surface area contributed by atoms with Gasteiger partial charge in [0, 0.05) is 18.7 Å². The van der Waals surface area contributed by atoms with Gasteiger partial charge in [0.05, 0.1) is 15.1 Å². The molecule has 0 amide bonds. The number of nitrogens with zero attached hydrogens (tertiary/aromatic N) is 2. The SMILES string of the molecule is CC1CCCN(S(=O)(=O)c2ccc(-c3nc4ccccc4s3)cc2)C1. The van der Waals surface area contributed by atoms with Crippen LogP contribution >= 0.6 is 11.3 Å². The molecule has 0 spiro atoms. The molecule has 2 heterocycles. The van der Waals surface area contributed by atoms with Crippen molar-refractivity contribution < 1.29 is 8.42 Å². The van der Waals surface area contributed by atoms with Crippen molar-refractivity contribution in [1.82, 2.24) is 9.29 Å². The molecule has 3 aromatic rings.